The second kappa shape index (κ2) is 5.84. The molecule has 2 atom stereocenters. The van der Waals surface area contributed by atoms with Crippen molar-refractivity contribution in [1.82, 2.24) is 4.90 Å². The molecular formula is C19H24N2O2. The molecule has 2 N–H and O–H groups in total. The monoisotopic (exact) mass is 312 g/mol. The summed E-state index contributed by atoms with van der Waals surface area (Å²) in [5.74, 6) is -0.308. The Morgan fingerprint density at radius 2 is 1.83 bits per heavy atom. The van der Waals surface area contributed by atoms with Crippen molar-refractivity contribution in [2.75, 3.05) is 0 Å². The van der Waals surface area contributed by atoms with Gasteiger partial charge in [-0.25, -0.2) is 0 Å². The van der Waals surface area contributed by atoms with Gasteiger partial charge in [0.2, 0.25) is 5.91 Å². The van der Waals surface area contributed by atoms with Crippen LogP contribution >= 0.6 is 0 Å². The molecular weight excluding hydrogens is 288 g/mol. The van der Waals surface area contributed by atoms with E-state index < -0.39 is 11.6 Å². The molecule has 23 heavy (non-hydrogen) atoms. The fourth-order valence-corrected chi connectivity index (χ4v) is 4.11. The number of hydrogen-bond acceptors (Lipinski definition) is 3. The van der Waals surface area contributed by atoms with Crippen LogP contribution in [-0.2, 0) is 4.79 Å². The maximum absolute atomic E-state index is 13.2. The zero-order chi connectivity index (χ0) is 16.6. The van der Waals surface area contributed by atoms with Gasteiger partial charge in [0.25, 0.3) is 0 Å². The number of carbonyl (C=O) groups excluding carboxylic acids is 2. The number of nitrogens with zero attached hydrogens (tertiary/aromatic N) is 1. The Morgan fingerprint density at radius 3 is 2.48 bits per heavy atom. The number of Topliss-reactive ketones (excluding diaryl/α,β-unsaturated/α-hetero) is 1. The van der Waals surface area contributed by atoms with Gasteiger partial charge in [0.05, 0.1) is 0 Å². The molecule has 0 saturated carbocycles. The number of rotatable bonds is 4. The molecule has 2 unspecified atom stereocenters. The molecule has 2 aliphatic rings. The molecule has 122 valence electrons. The van der Waals surface area contributed by atoms with Crippen molar-refractivity contribution in [3.63, 3.8) is 0 Å². The smallest absolute Gasteiger partial charge is 0.239 e. The first-order chi connectivity index (χ1) is 10.9. The zero-order valence-corrected chi connectivity index (χ0v) is 13.8. The second-order valence-electron chi connectivity index (χ2n) is 6.85. The number of primary amides is 1. The summed E-state index contributed by atoms with van der Waals surface area (Å²) in [5, 5.41) is 0. The number of amides is 1. The summed E-state index contributed by atoms with van der Waals surface area (Å²) in [7, 11) is 0. The van der Waals surface area contributed by atoms with E-state index in [1.165, 1.54) is 11.3 Å². The van der Waals surface area contributed by atoms with E-state index in [0.29, 0.717) is 12.0 Å². The van der Waals surface area contributed by atoms with Crippen LogP contribution in [0.15, 0.2) is 41.6 Å². The first kappa shape index (κ1) is 15.8. The van der Waals surface area contributed by atoms with E-state index in [4.69, 9.17) is 5.73 Å². The van der Waals surface area contributed by atoms with E-state index >= 15 is 0 Å². The number of benzene rings is 1. The Balaban J connectivity index is 2.03. The molecule has 1 heterocycles. The lowest BCUT2D eigenvalue weighted by Gasteiger charge is -2.41. The van der Waals surface area contributed by atoms with Crippen LogP contribution in [0.4, 0.5) is 0 Å². The van der Waals surface area contributed by atoms with Gasteiger partial charge in [-0.3, -0.25) is 9.59 Å². The molecule has 1 amide bonds. The van der Waals surface area contributed by atoms with Crippen LogP contribution in [0.1, 0.15) is 56.3 Å². The molecule has 0 aromatic heterocycles. The van der Waals surface area contributed by atoms with Gasteiger partial charge in [-0.1, -0.05) is 30.3 Å². The molecule has 1 aromatic carbocycles. The Bertz CT molecular complexity index is 665. The van der Waals surface area contributed by atoms with Gasteiger partial charge in [-0.05, 0) is 45.1 Å². The van der Waals surface area contributed by atoms with E-state index in [2.05, 4.69) is 0 Å². The topological polar surface area (TPSA) is 63.4 Å². The normalized spacial score (nSPS) is 25.2. The maximum atomic E-state index is 13.2. The molecule has 1 aliphatic carbocycles. The molecule has 0 radical (unpaired) electrons. The Labute approximate surface area is 137 Å². The largest absolute Gasteiger partial charge is 0.368 e. The van der Waals surface area contributed by atoms with E-state index in [1.54, 1.807) is 0 Å². The Morgan fingerprint density at radius 1 is 1.17 bits per heavy atom. The zero-order valence-electron chi connectivity index (χ0n) is 13.8. The molecule has 1 aliphatic heterocycles. The number of allylic oxidation sites excluding steroid dienone is 1. The molecule has 0 spiro atoms. The van der Waals surface area contributed by atoms with Crippen molar-refractivity contribution in [3.8, 4) is 0 Å². The van der Waals surface area contributed by atoms with Crippen molar-refractivity contribution in [2.45, 2.75) is 57.5 Å². The highest BCUT2D eigenvalue weighted by Gasteiger charge is 2.49. The maximum Gasteiger partial charge on any atom is 0.239 e. The summed E-state index contributed by atoms with van der Waals surface area (Å²) in [5.41, 5.74) is 8.06. The highest BCUT2D eigenvalue weighted by molar-refractivity contribution is 6.04. The highest BCUT2D eigenvalue weighted by atomic mass is 16.2. The standard InChI is InChI=1S/C19H24N2O2/c1-13(18(20)23)21-16-11-7-6-10-15(16)12-19(21,2)17(22)14-8-4-3-5-9-14/h3-5,8-9,13H,6-7,10-12H2,1-2H3,(H2,20,23). The SMILES string of the molecule is CC(C(N)=O)N1C2=C(CCCC2)CC1(C)C(=O)c1ccccc1. The molecule has 4 heteroatoms. The first-order valence-electron chi connectivity index (χ1n) is 8.34. The minimum atomic E-state index is -0.717. The summed E-state index contributed by atoms with van der Waals surface area (Å²) in [6, 6.07) is 8.87. The Hall–Kier alpha value is -2.10. The van der Waals surface area contributed by atoms with Gasteiger partial charge in [-0.2, -0.15) is 0 Å². The quantitative estimate of drug-likeness (QED) is 0.869. The van der Waals surface area contributed by atoms with Gasteiger partial charge >= 0.3 is 0 Å². The van der Waals surface area contributed by atoms with E-state index in [-0.39, 0.29) is 11.7 Å². The van der Waals surface area contributed by atoms with Gasteiger partial charge < -0.3 is 10.6 Å². The van der Waals surface area contributed by atoms with Gasteiger partial charge in [0, 0.05) is 17.7 Å². The van der Waals surface area contributed by atoms with Gasteiger partial charge in [-0.15, -0.1) is 0 Å². The predicted octanol–water partition coefficient (Wildman–Crippen LogP) is 3.04. The third-order valence-electron chi connectivity index (χ3n) is 5.25. The number of nitrogens with two attached hydrogens (primary N) is 1. The average molecular weight is 312 g/mol. The van der Waals surface area contributed by atoms with Crippen LogP contribution in [0.2, 0.25) is 0 Å². The average Bonchev–Trinajstić information content (AvgIpc) is 2.87. The summed E-state index contributed by atoms with van der Waals surface area (Å²) >= 11 is 0. The van der Waals surface area contributed by atoms with E-state index in [9.17, 15) is 9.59 Å². The van der Waals surface area contributed by atoms with Crippen molar-refractivity contribution in [3.05, 3.63) is 47.2 Å². The van der Waals surface area contributed by atoms with E-state index in [0.717, 1.165) is 25.7 Å². The molecule has 4 nitrogen and oxygen atoms in total. The minimum Gasteiger partial charge on any atom is -0.368 e. The van der Waals surface area contributed by atoms with Crippen LogP contribution in [0.5, 0.6) is 0 Å². The summed E-state index contributed by atoms with van der Waals surface area (Å²) < 4.78 is 0. The van der Waals surface area contributed by atoms with Crippen LogP contribution in [0, 0.1) is 0 Å². The molecule has 0 fully saturated rings. The van der Waals surface area contributed by atoms with Crippen LogP contribution in [0.25, 0.3) is 0 Å². The minimum absolute atomic E-state index is 0.0700. The predicted molar refractivity (Wildman–Crippen MR) is 89.8 cm³/mol. The third-order valence-corrected chi connectivity index (χ3v) is 5.25. The lowest BCUT2D eigenvalue weighted by atomic mass is 9.85. The molecule has 0 bridgehead atoms. The number of ketones is 1. The molecule has 1 aromatic rings. The third kappa shape index (κ3) is 2.56. The molecule has 0 saturated heterocycles. The number of carbonyl (C=O) groups is 2. The Kier molecular flexibility index (Phi) is 4.00. The second-order valence-corrected chi connectivity index (χ2v) is 6.85. The lowest BCUT2D eigenvalue weighted by molar-refractivity contribution is -0.123. The summed E-state index contributed by atoms with van der Waals surface area (Å²) in [4.78, 5) is 27.1. The van der Waals surface area contributed by atoms with Crippen molar-refractivity contribution in [2.24, 2.45) is 5.73 Å². The van der Waals surface area contributed by atoms with Crippen molar-refractivity contribution in [1.29, 1.82) is 0 Å². The van der Waals surface area contributed by atoms with Gasteiger partial charge in [0.1, 0.15) is 11.6 Å². The lowest BCUT2D eigenvalue weighted by Crippen LogP contribution is -2.55. The fourth-order valence-electron chi connectivity index (χ4n) is 4.11. The molecule has 3 rings (SSSR count). The summed E-state index contributed by atoms with van der Waals surface area (Å²) in [6.45, 7) is 3.77. The van der Waals surface area contributed by atoms with Crippen molar-refractivity contribution >= 4 is 11.7 Å². The van der Waals surface area contributed by atoms with Crippen molar-refractivity contribution < 1.29 is 9.59 Å². The van der Waals surface area contributed by atoms with Crippen LogP contribution in [-0.4, -0.2) is 28.2 Å². The van der Waals surface area contributed by atoms with Crippen LogP contribution in [0.3, 0.4) is 0 Å². The summed E-state index contributed by atoms with van der Waals surface area (Å²) in [6.07, 6.45) is 4.93. The fraction of sp³-hybridized carbons (Fsp3) is 0.474. The van der Waals surface area contributed by atoms with Crippen LogP contribution < -0.4 is 5.73 Å². The number of hydrogen-bond donors (Lipinski definition) is 1. The first-order valence-corrected chi connectivity index (χ1v) is 8.34. The van der Waals surface area contributed by atoms with Gasteiger partial charge in [0.15, 0.2) is 5.78 Å². The highest BCUT2D eigenvalue weighted by Crippen LogP contribution is 2.46. The van der Waals surface area contributed by atoms with E-state index in [1.807, 2.05) is 49.1 Å².